The van der Waals surface area contributed by atoms with Crippen LogP contribution in [-0.4, -0.2) is 22.6 Å². The van der Waals surface area contributed by atoms with Crippen LogP contribution in [0.25, 0.3) is 0 Å². The van der Waals surface area contributed by atoms with E-state index in [4.69, 9.17) is 4.74 Å². The Balaban J connectivity index is 2.52. The monoisotopic (exact) mass is 350 g/mol. The standard InChI is InChI=1S/C15H15BrN2O3/c1-9-13(16)10(2)18(15(20)17-9)8-11-6-4-5-7-12(11)14(19)21-3/h4-7H,8H2,1-3H3. The van der Waals surface area contributed by atoms with Crippen molar-refractivity contribution in [1.29, 1.82) is 0 Å². The second-order valence-electron chi connectivity index (χ2n) is 4.61. The van der Waals surface area contributed by atoms with Crippen LogP contribution in [0.15, 0.2) is 33.5 Å². The van der Waals surface area contributed by atoms with Gasteiger partial charge in [0.05, 0.1) is 29.4 Å². The van der Waals surface area contributed by atoms with Crippen LogP contribution in [0.2, 0.25) is 0 Å². The van der Waals surface area contributed by atoms with Crippen LogP contribution in [0, 0.1) is 13.8 Å². The number of carbonyl (C=O) groups excluding carboxylic acids is 1. The molecule has 0 fully saturated rings. The van der Waals surface area contributed by atoms with Crippen molar-refractivity contribution in [2.45, 2.75) is 20.4 Å². The minimum atomic E-state index is -0.421. The molecular formula is C15H15BrN2O3. The number of nitrogens with zero attached hydrogens (tertiary/aromatic N) is 2. The number of rotatable bonds is 3. The lowest BCUT2D eigenvalue weighted by Crippen LogP contribution is -2.27. The van der Waals surface area contributed by atoms with Crippen molar-refractivity contribution in [3.8, 4) is 0 Å². The molecule has 21 heavy (non-hydrogen) atoms. The Labute approximate surface area is 130 Å². The molecule has 0 saturated carbocycles. The van der Waals surface area contributed by atoms with E-state index >= 15 is 0 Å². The van der Waals surface area contributed by atoms with E-state index in [9.17, 15) is 9.59 Å². The number of aryl methyl sites for hydroxylation is 1. The molecular weight excluding hydrogens is 336 g/mol. The van der Waals surface area contributed by atoms with Crippen LogP contribution in [0.1, 0.15) is 27.3 Å². The topological polar surface area (TPSA) is 61.2 Å². The average Bonchev–Trinajstić information content (AvgIpc) is 2.49. The highest BCUT2D eigenvalue weighted by molar-refractivity contribution is 9.10. The third-order valence-electron chi connectivity index (χ3n) is 3.29. The predicted molar refractivity (Wildman–Crippen MR) is 82.6 cm³/mol. The van der Waals surface area contributed by atoms with E-state index in [1.807, 2.05) is 13.0 Å². The van der Waals surface area contributed by atoms with Gasteiger partial charge in [-0.2, -0.15) is 4.98 Å². The fourth-order valence-corrected chi connectivity index (χ4v) is 2.40. The van der Waals surface area contributed by atoms with Gasteiger partial charge in [0.15, 0.2) is 0 Å². The maximum Gasteiger partial charge on any atom is 0.348 e. The van der Waals surface area contributed by atoms with Crippen molar-refractivity contribution in [1.82, 2.24) is 9.55 Å². The normalized spacial score (nSPS) is 10.5. The van der Waals surface area contributed by atoms with E-state index in [0.717, 1.165) is 10.2 Å². The summed E-state index contributed by atoms with van der Waals surface area (Å²) >= 11 is 3.42. The number of aromatic nitrogens is 2. The Morgan fingerprint density at radius 3 is 2.67 bits per heavy atom. The predicted octanol–water partition coefficient (Wildman–Crippen LogP) is 2.46. The summed E-state index contributed by atoms with van der Waals surface area (Å²) in [4.78, 5) is 27.8. The highest BCUT2D eigenvalue weighted by atomic mass is 79.9. The first kappa shape index (κ1) is 15.4. The quantitative estimate of drug-likeness (QED) is 0.797. The smallest absolute Gasteiger partial charge is 0.348 e. The van der Waals surface area contributed by atoms with E-state index in [2.05, 4.69) is 20.9 Å². The van der Waals surface area contributed by atoms with Crippen LogP contribution >= 0.6 is 15.9 Å². The number of benzene rings is 1. The Hall–Kier alpha value is -1.95. The molecule has 1 aromatic heterocycles. The van der Waals surface area contributed by atoms with Crippen LogP contribution in [-0.2, 0) is 11.3 Å². The first-order valence-corrected chi connectivity index (χ1v) is 7.14. The van der Waals surface area contributed by atoms with Crippen LogP contribution in [0.5, 0.6) is 0 Å². The summed E-state index contributed by atoms with van der Waals surface area (Å²) in [5.74, 6) is -0.421. The molecule has 1 aromatic carbocycles. The highest BCUT2D eigenvalue weighted by Gasteiger charge is 2.14. The fourth-order valence-electron chi connectivity index (χ4n) is 2.10. The van der Waals surface area contributed by atoms with Gasteiger partial charge in [-0.15, -0.1) is 0 Å². The van der Waals surface area contributed by atoms with Crippen molar-refractivity contribution in [2.75, 3.05) is 7.11 Å². The molecule has 0 aliphatic carbocycles. The summed E-state index contributed by atoms with van der Waals surface area (Å²) < 4.78 is 7.08. The zero-order chi connectivity index (χ0) is 15.6. The van der Waals surface area contributed by atoms with Crippen LogP contribution < -0.4 is 5.69 Å². The van der Waals surface area contributed by atoms with Gasteiger partial charge in [0.2, 0.25) is 0 Å². The van der Waals surface area contributed by atoms with Gasteiger partial charge in [0.1, 0.15) is 0 Å². The molecule has 0 spiro atoms. The molecule has 0 aliphatic rings. The van der Waals surface area contributed by atoms with E-state index in [1.54, 1.807) is 25.1 Å². The van der Waals surface area contributed by atoms with Crippen molar-refractivity contribution >= 4 is 21.9 Å². The van der Waals surface area contributed by atoms with E-state index < -0.39 is 5.97 Å². The highest BCUT2D eigenvalue weighted by Crippen LogP contribution is 2.18. The van der Waals surface area contributed by atoms with Crippen molar-refractivity contribution in [3.63, 3.8) is 0 Å². The van der Waals surface area contributed by atoms with Crippen molar-refractivity contribution in [2.24, 2.45) is 0 Å². The van der Waals surface area contributed by atoms with Crippen molar-refractivity contribution < 1.29 is 9.53 Å². The first-order valence-electron chi connectivity index (χ1n) is 6.35. The second kappa shape index (κ2) is 6.22. The van der Waals surface area contributed by atoms with Gasteiger partial charge in [-0.05, 0) is 41.4 Å². The van der Waals surface area contributed by atoms with E-state index in [-0.39, 0.29) is 12.2 Å². The minimum absolute atomic E-state index is 0.266. The molecule has 0 atom stereocenters. The van der Waals surface area contributed by atoms with Gasteiger partial charge in [0, 0.05) is 5.69 Å². The number of hydrogen-bond donors (Lipinski definition) is 0. The third-order valence-corrected chi connectivity index (χ3v) is 4.43. The molecule has 1 heterocycles. The second-order valence-corrected chi connectivity index (χ2v) is 5.41. The van der Waals surface area contributed by atoms with E-state index in [1.165, 1.54) is 11.7 Å². The van der Waals surface area contributed by atoms with Crippen LogP contribution in [0.4, 0.5) is 0 Å². The summed E-state index contributed by atoms with van der Waals surface area (Å²) in [6.45, 7) is 3.87. The summed E-state index contributed by atoms with van der Waals surface area (Å²) in [6, 6.07) is 7.05. The van der Waals surface area contributed by atoms with Crippen molar-refractivity contribution in [3.05, 3.63) is 61.7 Å². The lowest BCUT2D eigenvalue weighted by Gasteiger charge is -2.14. The number of esters is 1. The first-order chi connectivity index (χ1) is 9.95. The number of hydrogen-bond acceptors (Lipinski definition) is 4. The summed E-state index contributed by atoms with van der Waals surface area (Å²) in [7, 11) is 1.33. The molecule has 5 nitrogen and oxygen atoms in total. The van der Waals surface area contributed by atoms with Gasteiger partial charge in [0.25, 0.3) is 0 Å². The van der Waals surface area contributed by atoms with E-state index in [0.29, 0.717) is 16.8 Å². The average molecular weight is 351 g/mol. The zero-order valence-electron chi connectivity index (χ0n) is 12.0. The number of carbonyl (C=O) groups is 1. The molecule has 0 aliphatic heterocycles. The molecule has 110 valence electrons. The number of methoxy groups -OCH3 is 1. The lowest BCUT2D eigenvalue weighted by molar-refractivity contribution is 0.0599. The molecule has 0 saturated heterocycles. The van der Waals surface area contributed by atoms with Crippen LogP contribution in [0.3, 0.4) is 0 Å². The summed E-state index contributed by atoms with van der Waals surface area (Å²) in [5.41, 5.74) is 2.24. The Bertz CT molecular complexity index is 753. The Morgan fingerprint density at radius 1 is 1.33 bits per heavy atom. The zero-order valence-corrected chi connectivity index (χ0v) is 13.6. The summed E-state index contributed by atoms with van der Waals surface area (Å²) in [5, 5.41) is 0. The molecule has 2 aromatic rings. The Morgan fingerprint density at radius 2 is 2.00 bits per heavy atom. The third kappa shape index (κ3) is 3.05. The molecule has 2 rings (SSSR count). The molecule has 0 N–H and O–H groups in total. The number of halogens is 1. The van der Waals surface area contributed by atoms with Gasteiger partial charge in [-0.3, -0.25) is 4.57 Å². The Kier molecular flexibility index (Phi) is 4.57. The maximum atomic E-state index is 12.1. The lowest BCUT2D eigenvalue weighted by atomic mass is 10.1. The number of ether oxygens (including phenoxy) is 1. The fraction of sp³-hybridized carbons (Fsp3) is 0.267. The summed E-state index contributed by atoms with van der Waals surface area (Å²) in [6.07, 6.45) is 0. The maximum absolute atomic E-state index is 12.1. The molecule has 0 amide bonds. The van der Waals surface area contributed by atoms with Gasteiger partial charge >= 0.3 is 11.7 Å². The SMILES string of the molecule is COC(=O)c1ccccc1Cn1c(C)c(Br)c(C)nc1=O. The minimum Gasteiger partial charge on any atom is -0.465 e. The van der Waals surface area contributed by atoms with Gasteiger partial charge in [-0.1, -0.05) is 18.2 Å². The molecule has 0 radical (unpaired) electrons. The molecule has 0 bridgehead atoms. The molecule has 0 unspecified atom stereocenters. The van der Waals surface area contributed by atoms with Gasteiger partial charge in [-0.25, -0.2) is 9.59 Å². The van der Waals surface area contributed by atoms with Gasteiger partial charge < -0.3 is 4.74 Å². The molecule has 6 heteroatoms. The largest absolute Gasteiger partial charge is 0.465 e.